The average Bonchev–Trinajstić information content (AvgIpc) is 3.00. The molecule has 0 aliphatic rings. The lowest BCUT2D eigenvalue weighted by molar-refractivity contribution is -0.141. The predicted molar refractivity (Wildman–Crippen MR) is 104 cm³/mol. The van der Waals surface area contributed by atoms with E-state index in [2.05, 4.69) is 20.9 Å². The Kier molecular flexibility index (Phi) is 11.1. The van der Waals surface area contributed by atoms with Crippen LogP contribution >= 0.6 is 11.3 Å². The molecule has 0 unspecified atom stereocenters. The summed E-state index contributed by atoms with van der Waals surface area (Å²) in [4.78, 5) is 35.6. The minimum atomic E-state index is -4.73. The third-order valence-electron chi connectivity index (χ3n) is 2.70. The van der Waals surface area contributed by atoms with Crippen LogP contribution in [0.1, 0.15) is 44.7 Å². The SMILES string of the molecule is CC(C)(C)OC(=O)NCC(=O)Nc1nc(C(F)(F)F)c(CO)s1.CCCNC(N)=O. The summed E-state index contributed by atoms with van der Waals surface area (Å²) in [7, 11) is 0. The summed E-state index contributed by atoms with van der Waals surface area (Å²) in [5.41, 5.74) is 2.74. The lowest BCUT2D eigenvalue weighted by Gasteiger charge is -2.19. The molecule has 10 nitrogen and oxygen atoms in total. The third kappa shape index (κ3) is 12.1. The van der Waals surface area contributed by atoms with Gasteiger partial charge >= 0.3 is 18.3 Å². The largest absolute Gasteiger partial charge is 0.444 e. The highest BCUT2D eigenvalue weighted by Crippen LogP contribution is 2.36. The summed E-state index contributed by atoms with van der Waals surface area (Å²) in [6, 6.07) is -0.443. The zero-order chi connectivity index (χ0) is 23.5. The number of aliphatic hydroxyl groups is 1. The van der Waals surface area contributed by atoms with Crippen LogP contribution in [0.4, 0.5) is 27.9 Å². The number of anilines is 1. The van der Waals surface area contributed by atoms with Crippen molar-refractivity contribution in [2.75, 3.05) is 18.4 Å². The van der Waals surface area contributed by atoms with Crippen molar-refractivity contribution in [2.45, 2.75) is 52.5 Å². The standard InChI is InChI=1S/C12H16F3N3O4S.C4H10N2O/c1-11(2,3)22-10(21)16-4-7(20)17-9-18-8(12(13,14)15)6(5-19)23-9;1-2-3-6-4(5)7/h19H,4-5H2,1-3H3,(H,16,21)(H,17,18,20);2-3H2,1H3,(H3,5,6,7). The summed E-state index contributed by atoms with van der Waals surface area (Å²) in [6.07, 6.45) is -4.63. The van der Waals surface area contributed by atoms with Gasteiger partial charge in [0.15, 0.2) is 10.8 Å². The van der Waals surface area contributed by atoms with Crippen molar-refractivity contribution < 1.29 is 37.4 Å². The van der Waals surface area contributed by atoms with E-state index in [1.807, 2.05) is 6.92 Å². The Morgan fingerprint density at radius 2 is 1.80 bits per heavy atom. The molecule has 0 atom stereocenters. The number of aliphatic hydroxyl groups excluding tert-OH is 1. The number of nitrogens with two attached hydrogens (primary N) is 1. The van der Waals surface area contributed by atoms with E-state index in [-0.39, 0.29) is 5.13 Å². The molecular formula is C16H26F3N5O5S. The van der Waals surface area contributed by atoms with Crippen molar-refractivity contribution in [2.24, 2.45) is 5.73 Å². The molecule has 0 bridgehead atoms. The number of nitrogens with zero attached hydrogens (tertiary/aromatic N) is 1. The van der Waals surface area contributed by atoms with E-state index < -0.39 is 53.5 Å². The normalized spacial score (nSPS) is 11.1. The van der Waals surface area contributed by atoms with E-state index in [4.69, 9.17) is 15.6 Å². The zero-order valence-corrected chi connectivity index (χ0v) is 17.8. The summed E-state index contributed by atoms with van der Waals surface area (Å²) in [5, 5.41) is 15.3. The monoisotopic (exact) mass is 457 g/mol. The number of halogens is 3. The van der Waals surface area contributed by atoms with E-state index in [0.717, 1.165) is 6.42 Å². The van der Waals surface area contributed by atoms with Crippen LogP contribution in [0.2, 0.25) is 0 Å². The zero-order valence-electron chi connectivity index (χ0n) is 17.0. The topological polar surface area (TPSA) is 156 Å². The summed E-state index contributed by atoms with van der Waals surface area (Å²) >= 11 is 0.502. The number of carbonyl (C=O) groups excluding carboxylic acids is 3. The van der Waals surface area contributed by atoms with Crippen LogP contribution in [0.25, 0.3) is 0 Å². The van der Waals surface area contributed by atoms with Gasteiger partial charge in [-0.1, -0.05) is 18.3 Å². The minimum Gasteiger partial charge on any atom is -0.444 e. The molecule has 0 aromatic carbocycles. The van der Waals surface area contributed by atoms with Crippen LogP contribution in [-0.2, 0) is 22.3 Å². The van der Waals surface area contributed by atoms with Gasteiger partial charge in [0, 0.05) is 6.54 Å². The lowest BCUT2D eigenvalue weighted by atomic mass is 10.2. The first-order valence-corrected chi connectivity index (χ1v) is 9.49. The molecule has 4 amide bonds. The lowest BCUT2D eigenvalue weighted by Crippen LogP contribution is -2.37. The Labute approximate surface area is 175 Å². The predicted octanol–water partition coefficient (Wildman–Crippen LogP) is 2.18. The molecule has 1 aromatic heterocycles. The van der Waals surface area contributed by atoms with E-state index >= 15 is 0 Å². The number of ether oxygens (including phenoxy) is 1. The van der Waals surface area contributed by atoms with Crippen LogP contribution in [0.15, 0.2) is 0 Å². The fourth-order valence-electron chi connectivity index (χ4n) is 1.61. The van der Waals surface area contributed by atoms with Crippen LogP contribution in [0, 0.1) is 0 Å². The number of alkyl halides is 3. The molecule has 1 aromatic rings. The summed E-state index contributed by atoms with van der Waals surface area (Å²) in [5.74, 6) is -0.775. The maximum absolute atomic E-state index is 12.6. The highest BCUT2D eigenvalue weighted by atomic mass is 32.1. The number of nitrogens with one attached hydrogen (secondary N) is 3. The van der Waals surface area contributed by atoms with Gasteiger partial charge in [-0.15, -0.1) is 0 Å². The first-order valence-electron chi connectivity index (χ1n) is 8.67. The highest BCUT2D eigenvalue weighted by molar-refractivity contribution is 7.15. The van der Waals surface area contributed by atoms with Gasteiger partial charge in [0.05, 0.1) is 11.5 Å². The van der Waals surface area contributed by atoms with E-state index in [1.54, 1.807) is 20.8 Å². The molecule has 0 radical (unpaired) electrons. The maximum atomic E-state index is 12.6. The third-order valence-corrected chi connectivity index (χ3v) is 3.65. The molecule has 1 heterocycles. The van der Waals surface area contributed by atoms with Gasteiger partial charge in [-0.3, -0.25) is 4.79 Å². The number of carbonyl (C=O) groups is 3. The quantitative estimate of drug-likeness (QED) is 0.441. The van der Waals surface area contributed by atoms with Crippen LogP contribution in [0.3, 0.4) is 0 Å². The molecule has 1 rings (SSSR count). The number of amides is 4. The number of hydrogen-bond donors (Lipinski definition) is 5. The number of alkyl carbamates (subject to hydrolysis) is 1. The van der Waals surface area contributed by atoms with Crippen molar-refractivity contribution in [3.63, 3.8) is 0 Å². The first kappa shape index (κ1) is 27.4. The minimum absolute atomic E-state index is 0.322. The Bertz CT molecular complexity index is 719. The molecule has 0 spiro atoms. The van der Waals surface area contributed by atoms with Crippen molar-refractivity contribution in [1.82, 2.24) is 15.6 Å². The number of thiazole rings is 1. The van der Waals surface area contributed by atoms with Gasteiger partial charge in [0.1, 0.15) is 12.1 Å². The second-order valence-corrected chi connectivity index (χ2v) is 7.72. The fraction of sp³-hybridized carbons (Fsp3) is 0.625. The number of primary amides is 1. The van der Waals surface area contributed by atoms with Crippen LogP contribution < -0.4 is 21.7 Å². The van der Waals surface area contributed by atoms with E-state index in [9.17, 15) is 27.6 Å². The van der Waals surface area contributed by atoms with E-state index in [0.29, 0.717) is 17.9 Å². The number of aromatic nitrogens is 1. The molecule has 30 heavy (non-hydrogen) atoms. The summed E-state index contributed by atoms with van der Waals surface area (Å²) in [6.45, 7) is 6.21. The maximum Gasteiger partial charge on any atom is 0.434 e. The molecule has 0 fully saturated rings. The second kappa shape index (κ2) is 12.2. The second-order valence-electron chi connectivity index (χ2n) is 6.64. The van der Waals surface area contributed by atoms with E-state index in [1.165, 1.54) is 0 Å². The molecule has 0 aliphatic carbocycles. The molecule has 0 aliphatic heterocycles. The molecule has 14 heteroatoms. The fourth-order valence-corrected chi connectivity index (χ4v) is 2.47. The van der Waals surface area contributed by atoms with Gasteiger partial charge in [0.25, 0.3) is 0 Å². The molecule has 172 valence electrons. The molecule has 0 saturated heterocycles. The summed E-state index contributed by atoms with van der Waals surface area (Å²) < 4.78 is 42.8. The number of rotatable bonds is 6. The van der Waals surface area contributed by atoms with Gasteiger partial charge in [-0.05, 0) is 27.2 Å². The van der Waals surface area contributed by atoms with Crippen molar-refractivity contribution >= 4 is 34.5 Å². The first-order chi connectivity index (χ1) is 13.7. The average molecular weight is 457 g/mol. The molecular weight excluding hydrogens is 431 g/mol. The number of hydrogen-bond acceptors (Lipinski definition) is 7. The Balaban J connectivity index is 0.00000103. The Morgan fingerprint density at radius 3 is 2.17 bits per heavy atom. The molecule has 6 N–H and O–H groups in total. The smallest absolute Gasteiger partial charge is 0.434 e. The van der Waals surface area contributed by atoms with Crippen molar-refractivity contribution in [3.8, 4) is 0 Å². The Morgan fingerprint density at radius 1 is 1.20 bits per heavy atom. The van der Waals surface area contributed by atoms with Gasteiger partial charge in [-0.2, -0.15) is 13.2 Å². The van der Waals surface area contributed by atoms with Gasteiger partial charge in [-0.25, -0.2) is 14.6 Å². The Hall–Kier alpha value is -2.61. The number of urea groups is 1. The van der Waals surface area contributed by atoms with Gasteiger partial charge < -0.3 is 31.5 Å². The molecule has 0 saturated carbocycles. The highest BCUT2D eigenvalue weighted by Gasteiger charge is 2.37. The van der Waals surface area contributed by atoms with Crippen molar-refractivity contribution in [3.05, 3.63) is 10.6 Å². The van der Waals surface area contributed by atoms with Crippen molar-refractivity contribution in [1.29, 1.82) is 0 Å². The van der Waals surface area contributed by atoms with Crippen LogP contribution in [-0.4, -0.2) is 46.8 Å². The van der Waals surface area contributed by atoms with Gasteiger partial charge in [0.2, 0.25) is 5.91 Å². The van der Waals surface area contributed by atoms with Crippen LogP contribution in [0.5, 0.6) is 0 Å².